The van der Waals surface area contributed by atoms with Gasteiger partial charge in [-0.2, -0.15) is 13.2 Å². The lowest BCUT2D eigenvalue weighted by Gasteiger charge is -2.26. The van der Waals surface area contributed by atoms with Gasteiger partial charge in [0, 0.05) is 19.0 Å². The highest BCUT2D eigenvalue weighted by Crippen LogP contribution is 2.38. The Morgan fingerprint density at radius 2 is 1.96 bits per heavy atom. The van der Waals surface area contributed by atoms with Crippen molar-refractivity contribution >= 4 is 18.3 Å². The first-order chi connectivity index (χ1) is 10.3. The molecule has 130 valence electrons. The Kier molecular flexibility index (Phi) is 6.89. The Morgan fingerprint density at radius 1 is 1.35 bits per heavy atom. The molecule has 3 nitrogen and oxygen atoms in total. The number of carbonyl (C=O) groups is 1. The quantitative estimate of drug-likeness (QED) is 0.905. The van der Waals surface area contributed by atoms with Crippen LogP contribution in [-0.4, -0.2) is 36.1 Å². The molecule has 1 heterocycles. The predicted octanol–water partition coefficient (Wildman–Crippen LogP) is 3.34. The van der Waals surface area contributed by atoms with E-state index in [1.165, 1.54) is 12.1 Å². The smallest absolute Gasteiger partial charge is 0.340 e. The first-order valence-corrected chi connectivity index (χ1v) is 7.44. The largest absolute Gasteiger partial charge is 0.396 e. The Labute approximate surface area is 140 Å². The van der Waals surface area contributed by atoms with E-state index in [0.29, 0.717) is 13.1 Å². The molecule has 0 radical (unpaired) electrons. The molecule has 1 amide bonds. The minimum absolute atomic E-state index is 0. The maximum atomic E-state index is 13.3. The van der Waals surface area contributed by atoms with Crippen LogP contribution in [0, 0.1) is 5.92 Å². The summed E-state index contributed by atoms with van der Waals surface area (Å²) in [5.74, 6) is -2.03. The van der Waals surface area contributed by atoms with E-state index < -0.39 is 24.4 Å². The molecule has 1 aromatic carbocycles. The van der Waals surface area contributed by atoms with Crippen molar-refractivity contribution in [3.63, 3.8) is 0 Å². The summed E-state index contributed by atoms with van der Waals surface area (Å²) in [6.07, 6.45) is -4.23. The number of carbonyl (C=O) groups excluding carboxylic acids is 1. The molecule has 0 aromatic heterocycles. The number of halogens is 4. The van der Waals surface area contributed by atoms with Crippen LogP contribution < -0.4 is 5.73 Å². The minimum Gasteiger partial charge on any atom is -0.340 e. The highest BCUT2D eigenvalue weighted by molar-refractivity contribution is 5.85. The van der Waals surface area contributed by atoms with Crippen LogP contribution in [0.3, 0.4) is 0 Å². The lowest BCUT2D eigenvalue weighted by molar-refractivity contribution is -0.160. The monoisotopic (exact) mass is 350 g/mol. The second-order valence-corrected chi connectivity index (χ2v) is 5.94. The van der Waals surface area contributed by atoms with Crippen LogP contribution in [0.5, 0.6) is 0 Å². The standard InChI is InChI=1S/C16H21F3N2O.ClH/c1-11-7-12(9-20)10-21(11)15(22)8-14(16(17,18)19)13-5-3-2-4-6-13;/h2-6,11-12,14H,7-10,20H2,1H3;1H. The van der Waals surface area contributed by atoms with Crippen LogP contribution >= 0.6 is 12.4 Å². The molecule has 23 heavy (non-hydrogen) atoms. The van der Waals surface area contributed by atoms with Crippen LogP contribution in [0.2, 0.25) is 0 Å². The molecule has 7 heteroatoms. The molecule has 3 unspecified atom stereocenters. The molecule has 1 fully saturated rings. The maximum Gasteiger partial charge on any atom is 0.396 e. The number of nitrogens with two attached hydrogens (primary N) is 1. The molecule has 1 saturated heterocycles. The molecular weight excluding hydrogens is 329 g/mol. The number of amides is 1. The molecule has 1 aromatic rings. The topological polar surface area (TPSA) is 46.3 Å². The third-order valence-corrected chi connectivity index (χ3v) is 4.29. The Balaban J connectivity index is 0.00000264. The van der Waals surface area contributed by atoms with Gasteiger partial charge in [-0.3, -0.25) is 4.79 Å². The van der Waals surface area contributed by atoms with Crippen molar-refractivity contribution in [2.24, 2.45) is 11.7 Å². The average molecular weight is 351 g/mol. The van der Waals surface area contributed by atoms with Crippen LogP contribution in [0.4, 0.5) is 13.2 Å². The number of likely N-dealkylation sites (tertiary alicyclic amines) is 1. The number of rotatable bonds is 4. The lowest BCUT2D eigenvalue weighted by atomic mass is 9.94. The molecule has 0 bridgehead atoms. The second kappa shape index (κ2) is 8.02. The summed E-state index contributed by atoms with van der Waals surface area (Å²) in [7, 11) is 0. The van der Waals surface area contributed by atoms with Gasteiger partial charge in [-0.05, 0) is 31.4 Å². The Bertz CT molecular complexity index is 510. The third kappa shape index (κ3) is 4.85. The van der Waals surface area contributed by atoms with Gasteiger partial charge in [0.05, 0.1) is 5.92 Å². The molecule has 1 aliphatic heterocycles. The van der Waals surface area contributed by atoms with Crippen LogP contribution in [-0.2, 0) is 4.79 Å². The van der Waals surface area contributed by atoms with Gasteiger partial charge in [0.1, 0.15) is 0 Å². The minimum atomic E-state index is -4.44. The first-order valence-electron chi connectivity index (χ1n) is 7.44. The van der Waals surface area contributed by atoms with Crippen molar-refractivity contribution in [3.8, 4) is 0 Å². The number of hydrogen-bond acceptors (Lipinski definition) is 2. The number of benzene rings is 1. The summed E-state index contributed by atoms with van der Waals surface area (Å²) in [6, 6.07) is 7.56. The first kappa shape index (κ1) is 19.8. The van der Waals surface area contributed by atoms with E-state index in [9.17, 15) is 18.0 Å². The molecular formula is C16H22ClF3N2O. The normalized spacial score (nSPS) is 22.6. The van der Waals surface area contributed by atoms with Gasteiger partial charge < -0.3 is 10.6 Å². The van der Waals surface area contributed by atoms with Gasteiger partial charge in [0.2, 0.25) is 5.91 Å². The molecule has 3 atom stereocenters. The van der Waals surface area contributed by atoms with E-state index in [0.717, 1.165) is 6.42 Å². The van der Waals surface area contributed by atoms with Crippen molar-refractivity contribution < 1.29 is 18.0 Å². The van der Waals surface area contributed by atoms with Crippen molar-refractivity contribution in [2.75, 3.05) is 13.1 Å². The summed E-state index contributed by atoms with van der Waals surface area (Å²) in [5, 5.41) is 0. The Morgan fingerprint density at radius 3 is 2.43 bits per heavy atom. The van der Waals surface area contributed by atoms with Gasteiger partial charge in [0.15, 0.2) is 0 Å². The van der Waals surface area contributed by atoms with Crippen LogP contribution in [0.25, 0.3) is 0 Å². The van der Waals surface area contributed by atoms with E-state index in [2.05, 4.69) is 0 Å². The van der Waals surface area contributed by atoms with E-state index in [1.807, 2.05) is 6.92 Å². The molecule has 0 spiro atoms. The zero-order valence-electron chi connectivity index (χ0n) is 12.9. The predicted molar refractivity (Wildman–Crippen MR) is 85.4 cm³/mol. The molecule has 0 aliphatic carbocycles. The molecule has 2 rings (SSSR count). The van der Waals surface area contributed by atoms with E-state index >= 15 is 0 Å². The van der Waals surface area contributed by atoms with Crippen molar-refractivity contribution in [1.29, 1.82) is 0 Å². The average Bonchev–Trinajstić information content (AvgIpc) is 2.85. The van der Waals surface area contributed by atoms with Crippen molar-refractivity contribution in [3.05, 3.63) is 35.9 Å². The number of nitrogens with zero attached hydrogens (tertiary/aromatic N) is 1. The number of alkyl halides is 3. The van der Waals surface area contributed by atoms with Gasteiger partial charge in [-0.25, -0.2) is 0 Å². The summed E-state index contributed by atoms with van der Waals surface area (Å²) in [6.45, 7) is 2.77. The third-order valence-electron chi connectivity index (χ3n) is 4.29. The van der Waals surface area contributed by atoms with Gasteiger partial charge in [0.25, 0.3) is 0 Å². The van der Waals surface area contributed by atoms with Crippen LogP contribution in [0.15, 0.2) is 30.3 Å². The fraction of sp³-hybridized carbons (Fsp3) is 0.562. The fourth-order valence-corrected chi connectivity index (χ4v) is 3.06. The zero-order chi connectivity index (χ0) is 16.3. The number of hydrogen-bond donors (Lipinski definition) is 1. The van der Waals surface area contributed by atoms with E-state index in [4.69, 9.17) is 5.73 Å². The molecule has 2 N–H and O–H groups in total. The molecule has 1 aliphatic rings. The SMILES string of the molecule is CC1CC(CN)CN1C(=O)CC(c1ccccc1)C(F)(F)F.Cl. The second-order valence-electron chi connectivity index (χ2n) is 5.94. The fourth-order valence-electron chi connectivity index (χ4n) is 3.06. The highest BCUT2D eigenvalue weighted by atomic mass is 35.5. The highest BCUT2D eigenvalue weighted by Gasteiger charge is 2.43. The molecule has 0 saturated carbocycles. The zero-order valence-corrected chi connectivity index (χ0v) is 13.7. The van der Waals surface area contributed by atoms with Crippen LogP contribution in [0.1, 0.15) is 31.2 Å². The van der Waals surface area contributed by atoms with Crippen molar-refractivity contribution in [1.82, 2.24) is 4.90 Å². The van der Waals surface area contributed by atoms with Gasteiger partial charge >= 0.3 is 6.18 Å². The van der Waals surface area contributed by atoms with Gasteiger partial charge in [-0.15, -0.1) is 12.4 Å². The summed E-state index contributed by atoms with van der Waals surface area (Å²) in [5.41, 5.74) is 5.73. The lowest BCUT2D eigenvalue weighted by Crippen LogP contribution is -2.37. The van der Waals surface area contributed by atoms with E-state index in [1.54, 1.807) is 23.1 Å². The summed E-state index contributed by atoms with van der Waals surface area (Å²) < 4.78 is 39.9. The Hall–Kier alpha value is -1.27. The van der Waals surface area contributed by atoms with E-state index in [-0.39, 0.29) is 29.9 Å². The maximum absolute atomic E-state index is 13.3. The van der Waals surface area contributed by atoms with Gasteiger partial charge in [-0.1, -0.05) is 30.3 Å². The summed E-state index contributed by atoms with van der Waals surface area (Å²) >= 11 is 0. The van der Waals surface area contributed by atoms with Crippen molar-refractivity contribution in [2.45, 2.75) is 37.9 Å². The summed E-state index contributed by atoms with van der Waals surface area (Å²) in [4.78, 5) is 13.9.